The van der Waals surface area contributed by atoms with Crippen LogP contribution in [0.15, 0.2) is 18.2 Å². The Morgan fingerprint density at radius 3 is 2.56 bits per heavy atom. The Morgan fingerprint density at radius 1 is 1.22 bits per heavy atom. The van der Waals surface area contributed by atoms with Crippen LogP contribution in [-0.4, -0.2) is 48.6 Å². The van der Waals surface area contributed by atoms with Crippen molar-refractivity contribution in [2.24, 2.45) is 17.6 Å². The maximum atomic E-state index is 14.1. The van der Waals surface area contributed by atoms with E-state index < -0.39 is 17.7 Å². The van der Waals surface area contributed by atoms with Crippen molar-refractivity contribution in [3.05, 3.63) is 35.4 Å². The molecule has 7 heteroatoms. The molecule has 0 spiro atoms. The normalized spacial score (nSPS) is 36.6. The highest BCUT2D eigenvalue weighted by Crippen LogP contribution is 2.40. The number of halogens is 2. The summed E-state index contributed by atoms with van der Waals surface area (Å²) in [6.45, 7) is 4.02. The molecular formula is C20H27F2N3O2. The van der Waals surface area contributed by atoms with Gasteiger partial charge in [0, 0.05) is 43.7 Å². The minimum absolute atomic E-state index is 0.0408. The van der Waals surface area contributed by atoms with Gasteiger partial charge in [0.2, 0.25) is 5.91 Å². The number of ether oxygens (including phenoxy) is 1. The topological polar surface area (TPSA) is 67.6 Å². The molecule has 0 bridgehead atoms. The van der Waals surface area contributed by atoms with Gasteiger partial charge in [0.25, 0.3) is 0 Å². The van der Waals surface area contributed by atoms with Gasteiger partial charge in [-0.1, -0.05) is 0 Å². The molecule has 1 aromatic carbocycles. The Hall–Kier alpha value is -1.57. The van der Waals surface area contributed by atoms with Crippen LogP contribution in [0.5, 0.6) is 0 Å². The lowest BCUT2D eigenvalue weighted by molar-refractivity contribution is -0.119. The van der Waals surface area contributed by atoms with Crippen molar-refractivity contribution in [3.63, 3.8) is 0 Å². The lowest BCUT2D eigenvalue weighted by Crippen LogP contribution is -2.49. The third kappa shape index (κ3) is 3.86. The predicted octanol–water partition coefficient (Wildman–Crippen LogP) is 1.97. The van der Waals surface area contributed by atoms with Gasteiger partial charge in [-0.3, -0.25) is 9.69 Å². The number of fused-ring (bicyclic) bond motifs is 1. The fourth-order valence-corrected chi connectivity index (χ4v) is 5.19. The maximum Gasteiger partial charge on any atom is 0.217 e. The first-order chi connectivity index (χ1) is 12.9. The zero-order valence-electron chi connectivity index (χ0n) is 15.5. The molecule has 27 heavy (non-hydrogen) atoms. The second-order valence-electron chi connectivity index (χ2n) is 8.32. The average molecular weight is 379 g/mol. The third-order valence-electron chi connectivity index (χ3n) is 6.37. The molecule has 1 aliphatic carbocycles. The predicted molar refractivity (Wildman–Crippen MR) is 96.8 cm³/mol. The van der Waals surface area contributed by atoms with Crippen molar-refractivity contribution >= 4 is 5.91 Å². The van der Waals surface area contributed by atoms with E-state index in [2.05, 4.69) is 10.2 Å². The minimum atomic E-state index is -0.608. The van der Waals surface area contributed by atoms with Crippen molar-refractivity contribution in [2.45, 2.75) is 50.4 Å². The summed E-state index contributed by atoms with van der Waals surface area (Å²) in [5.41, 5.74) is 6.50. The van der Waals surface area contributed by atoms with Gasteiger partial charge in [-0.05, 0) is 49.3 Å². The summed E-state index contributed by atoms with van der Waals surface area (Å²) in [5.74, 6) is 0.271. The van der Waals surface area contributed by atoms with Crippen LogP contribution >= 0.6 is 0 Å². The van der Waals surface area contributed by atoms with Crippen molar-refractivity contribution in [2.75, 3.05) is 19.7 Å². The quantitative estimate of drug-likeness (QED) is 0.843. The van der Waals surface area contributed by atoms with E-state index in [-0.39, 0.29) is 23.6 Å². The van der Waals surface area contributed by atoms with Crippen molar-refractivity contribution in [1.82, 2.24) is 10.2 Å². The Bertz CT molecular complexity index is 702. The Kier molecular flexibility index (Phi) is 5.18. The summed E-state index contributed by atoms with van der Waals surface area (Å²) >= 11 is 0. The lowest BCUT2D eigenvalue weighted by atomic mass is 9.93. The van der Waals surface area contributed by atoms with E-state index in [0.29, 0.717) is 30.9 Å². The number of benzene rings is 1. The van der Waals surface area contributed by atoms with Crippen molar-refractivity contribution in [1.29, 1.82) is 0 Å². The van der Waals surface area contributed by atoms with Crippen LogP contribution in [0.4, 0.5) is 8.78 Å². The van der Waals surface area contributed by atoms with Gasteiger partial charge >= 0.3 is 0 Å². The number of nitrogens with zero attached hydrogens (tertiary/aromatic N) is 1. The standard InChI is InChI=1S/C20H27F2N3O2/c1-11(26)24-15-4-12-8-25(9-13(12)5-15)16-7-19(23)20(27-10-16)17-6-14(21)2-3-18(17)22/h2-3,6,12-13,15-16,19-20H,4-5,7-10,23H2,1H3,(H,24,26)/t12?,13?,15?,16-,19+,20-/m1/s1. The van der Waals surface area contributed by atoms with Gasteiger partial charge in [-0.15, -0.1) is 0 Å². The summed E-state index contributed by atoms with van der Waals surface area (Å²) in [7, 11) is 0. The van der Waals surface area contributed by atoms with E-state index >= 15 is 0 Å². The molecule has 5 atom stereocenters. The van der Waals surface area contributed by atoms with Crippen LogP contribution in [0.1, 0.15) is 37.9 Å². The third-order valence-corrected chi connectivity index (χ3v) is 6.37. The summed E-state index contributed by atoms with van der Waals surface area (Å²) < 4.78 is 33.5. The molecule has 2 unspecified atom stereocenters. The maximum absolute atomic E-state index is 14.1. The van der Waals surface area contributed by atoms with Crippen LogP contribution in [0, 0.1) is 23.5 Å². The van der Waals surface area contributed by atoms with Crippen LogP contribution in [0.25, 0.3) is 0 Å². The van der Waals surface area contributed by atoms with Gasteiger partial charge < -0.3 is 15.8 Å². The minimum Gasteiger partial charge on any atom is -0.370 e. The fraction of sp³-hybridized carbons (Fsp3) is 0.650. The molecule has 2 saturated heterocycles. The van der Waals surface area contributed by atoms with Crippen LogP contribution < -0.4 is 11.1 Å². The fourth-order valence-electron chi connectivity index (χ4n) is 5.19. The molecule has 3 N–H and O–H groups in total. The molecule has 148 valence electrons. The largest absolute Gasteiger partial charge is 0.370 e. The van der Waals surface area contributed by atoms with Crippen molar-refractivity contribution < 1.29 is 18.3 Å². The van der Waals surface area contributed by atoms with Gasteiger partial charge in [0.05, 0.1) is 6.61 Å². The SMILES string of the molecule is CC(=O)NC1CC2CN([C@H]3CO[C@H](c4cc(F)ccc4F)[C@@H](N)C3)CC2C1. The molecule has 2 heterocycles. The molecule has 1 amide bonds. The van der Waals surface area contributed by atoms with Gasteiger partial charge in [0.1, 0.15) is 17.7 Å². The molecule has 3 fully saturated rings. The van der Waals surface area contributed by atoms with Gasteiger partial charge in [-0.2, -0.15) is 0 Å². The number of hydrogen-bond acceptors (Lipinski definition) is 4. The molecule has 1 aromatic rings. The first-order valence-electron chi connectivity index (χ1n) is 9.74. The molecule has 0 aromatic heterocycles. The summed E-state index contributed by atoms with van der Waals surface area (Å²) in [4.78, 5) is 13.7. The van der Waals surface area contributed by atoms with E-state index in [1.807, 2.05) is 0 Å². The molecule has 1 saturated carbocycles. The molecule has 5 nitrogen and oxygen atoms in total. The van der Waals surface area contributed by atoms with Gasteiger partial charge in [-0.25, -0.2) is 8.78 Å². The number of nitrogens with two attached hydrogens (primary N) is 1. The molecular weight excluding hydrogens is 352 g/mol. The van der Waals surface area contributed by atoms with Crippen LogP contribution in [0.2, 0.25) is 0 Å². The number of carbonyl (C=O) groups excluding carboxylic acids is 1. The second-order valence-corrected chi connectivity index (χ2v) is 8.32. The number of amides is 1. The number of likely N-dealkylation sites (tertiary alicyclic amines) is 1. The van der Waals surface area contributed by atoms with E-state index in [1.54, 1.807) is 6.92 Å². The Labute approximate surface area is 158 Å². The summed E-state index contributed by atoms with van der Waals surface area (Å²) in [6, 6.07) is 3.55. The van der Waals surface area contributed by atoms with E-state index in [4.69, 9.17) is 10.5 Å². The number of nitrogens with one attached hydrogen (secondary N) is 1. The highest BCUT2D eigenvalue weighted by Gasteiger charge is 2.44. The average Bonchev–Trinajstić information content (AvgIpc) is 3.15. The smallest absolute Gasteiger partial charge is 0.217 e. The molecule has 2 aliphatic heterocycles. The number of hydrogen-bond donors (Lipinski definition) is 2. The Morgan fingerprint density at radius 2 is 1.93 bits per heavy atom. The second kappa shape index (κ2) is 7.45. The highest BCUT2D eigenvalue weighted by atomic mass is 19.1. The summed E-state index contributed by atoms with van der Waals surface area (Å²) in [5, 5.41) is 3.04. The van der Waals surface area contributed by atoms with E-state index in [9.17, 15) is 13.6 Å². The lowest BCUT2D eigenvalue weighted by Gasteiger charge is -2.39. The summed E-state index contributed by atoms with van der Waals surface area (Å²) in [6.07, 6.45) is 2.15. The van der Waals surface area contributed by atoms with Gasteiger partial charge in [0.15, 0.2) is 0 Å². The monoisotopic (exact) mass is 379 g/mol. The highest BCUT2D eigenvalue weighted by molar-refractivity contribution is 5.73. The zero-order chi connectivity index (χ0) is 19.1. The van der Waals surface area contributed by atoms with Crippen molar-refractivity contribution in [3.8, 4) is 0 Å². The molecule has 4 rings (SSSR count). The first-order valence-corrected chi connectivity index (χ1v) is 9.74. The van der Waals surface area contributed by atoms with Crippen LogP contribution in [-0.2, 0) is 9.53 Å². The number of carbonyl (C=O) groups is 1. The Balaban J connectivity index is 1.35. The number of rotatable bonds is 3. The zero-order valence-corrected chi connectivity index (χ0v) is 15.5. The van der Waals surface area contributed by atoms with E-state index in [0.717, 1.165) is 38.1 Å². The van der Waals surface area contributed by atoms with E-state index in [1.165, 1.54) is 6.07 Å². The molecule has 3 aliphatic rings. The van der Waals surface area contributed by atoms with Crippen LogP contribution in [0.3, 0.4) is 0 Å². The molecule has 0 radical (unpaired) electrons. The first kappa shape index (κ1) is 18.8.